The molecule has 2 aromatic rings. The minimum atomic E-state index is -0.415. The SMILES string of the molecule is CCCCCCCCC(=O)Nc1cccc([C@H]2SCC(=O)N2c2ccccc2F)c1. The Hall–Kier alpha value is -2.34. The molecule has 1 atom stereocenters. The number of unbranched alkanes of at least 4 members (excludes halogenated alkanes) is 5. The number of rotatable bonds is 10. The predicted octanol–water partition coefficient (Wildman–Crippen LogP) is 6.29. The lowest BCUT2D eigenvalue weighted by Gasteiger charge is -2.25. The molecule has 0 unspecified atom stereocenters. The Kier molecular flexibility index (Phi) is 8.31. The lowest BCUT2D eigenvalue weighted by atomic mass is 10.1. The molecule has 1 saturated heterocycles. The van der Waals surface area contributed by atoms with Crippen molar-refractivity contribution >= 4 is 35.0 Å². The van der Waals surface area contributed by atoms with E-state index in [9.17, 15) is 14.0 Å². The molecule has 0 aliphatic carbocycles. The third-order valence-electron chi connectivity index (χ3n) is 5.19. The van der Waals surface area contributed by atoms with E-state index in [0.717, 1.165) is 18.4 Å². The molecule has 3 rings (SSSR count). The zero-order chi connectivity index (χ0) is 21.3. The molecule has 0 saturated carbocycles. The zero-order valence-electron chi connectivity index (χ0n) is 17.4. The van der Waals surface area contributed by atoms with E-state index in [2.05, 4.69) is 12.2 Å². The molecule has 1 fully saturated rings. The Labute approximate surface area is 182 Å². The zero-order valence-corrected chi connectivity index (χ0v) is 18.2. The van der Waals surface area contributed by atoms with Crippen molar-refractivity contribution in [2.75, 3.05) is 16.0 Å². The summed E-state index contributed by atoms with van der Waals surface area (Å²) in [6.45, 7) is 2.19. The van der Waals surface area contributed by atoms with Crippen molar-refractivity contribution in [1.82, 2.24) is 0 Å². The van der Waals surface area contributed by atoms with Crippen LogP contribution in [0.5, 0.6) is 0 Å². The van der Waals surface area contributed by atoms with Gasteiger partial charge in [0.1, 0.15) is 11.2 Å². The Morgan fingerprint density at radius 1 is 1.10 bits per heavy atom. The minimum Gasteiger partial charge on any atom is -0.326 e. The van der Waals surface area contributed by atoms with Gasteiger partial charge in [0, 0.05) is 12.1 Å². The monoisotopic (exact) mass is 428 g/mol. The molecule has 2 aromatic carbocycles. The van der Waals surface area contributed by atoms with Crippen LogP contribution >= 0.6 is 11.8 Å². The largest absolute Gasteiger partial charge is 0.326 e. The van der Waals surface area contributed by atoms with E-state index in [1.54, 1.807) is 18.2 Å². The van der Waals surface area contributed by atoms with Crippen molar-refractivity contribution in [2.45, 2.75) is 57.2 Å². The summed E-state index contributed by atoms with van der Waals surface area (Å²) in [4.78, 5) is 26.3. The normalized spacial score (nSPS) is 16.1. The van der Waals surface area contributed by atoms with Gasteiger partial charge in [-0.05, 0) is 36.2 Å². The van der Waals surface area contributed by atoms with Crippen molar-refractivity contribution in [1.29, 1.82) is 0 Å². The van der Waals surface area contributed by atoms with Gasteiger partial charge >= 0.3 is 0 Å². The Bertz CT molecular complexity index is 874. The molecule has 0 aromatic heterocycles. The van der Waals surface area contributed by atoms with Gasteiger partial charge < -0.3 is 5.32 Å². The number of benzene rings is 2. The van der Waals surface area contributed by atoms with Gasteiger partial charge in [-0.3, -0.25) is 14.5 Å². The highest BCUT2D eigenvalue weighted by Crippen LogP contribution is 2.42. The third-order valence-corrected chi connectivity index (χ3v) is 6.41. The fraction of sp³-hybridized carbons (Fsp3) is 0.417. The van der Waals surface area contributed by atoms with Crippen LogP contribution in [-0.2, 0) is 9.59 Å². The fourth-order valence-corrected chi connectivity index (χ4v) is 4.80. The molecule has 1 aliphatic heterocycles. The second-order valence-corrected chi connectivity index (χ2v) is 8.64. The van der Waals surface area contributed by atoms with Crippen molar-refractivity contribution < 1.29 is 14.0 Å². The summed E-state index contributed by atoms with van der Waals surface area (Å²) in [5.41, 5.74) is 1.86. The Balaban J connectivity index is 1.62. The van der Waals surface area contributed by atoms with Gasteiger partial charge in [-0.2, -0.15) is 0 Å². The molecule has 0 bridgehead atoms. The van der Waals surface area contributed by atoms with Gasteiger partial charge in [0.05, 0.1) is 11.4 Å². The standard InChI is InChI=1S/C24H29FN2O2S/c1-2-3-4-5-6-7-15-22(28)26-19-12-10-11-18(16-19)24-27(23(29)17-30-24)21-14-9-8-13-20(21)25/h8-14,16,24H,2-7,15,17H2,1H3,(H,26,28)/t24-/m1/s1. The average Bonchev–Trinajstić information content (AvgIpc) is 3.12. The molecular weight excluding hydrogens is 399 g/mol. The number of halogens is 1. The van der Waals surface area contributed by atoms with Crippen LogP contribution in [-0.4, -0.2) is 17.6 Å². The maximum atomic E-state index is 14.3. The summed E-state index contributed by atoms with van der Waals surface area (Å²) in [5.74, 6) is -0.230. The molecule has 160 valence electrons. The summed E-state index contributed by atoms with van der Waals surface area (Å²) < 4.78 is 14.3. The number of thioether (sulfide) groups is 1. The molecule has 2 amide bonds. The van der Waals surface area contributed by atoms with Crippen LogP contribution in [0.4, 0.5) is 15.8 Å². The quantitative estimate of drug-likeness (QED) is 0.452. The number of nitrogens with one attached hydrogen (secondary N) is 1. The predicted molar refractivity (Wildman–Crippen MR) is 122 cm³/mol. The molecule has 1 N–H and O–H groups in total. The van der Waals surface area contributed by atoms with E-state index in [4.69, 9.17) is 0 Å². The number of para-hydroxylation sites is 1. The van der Waals surface area contributed by atoms with Crippen LogP contribution < -0.4 is 10.2 Å². The summed E-state index contributed by atoms with van der Waals surface area (Å²) in [7, 11) is 0. The van der Waals surface area contributed by atoms with E-state index < -0.39 is 5.82 Å². The molecule has 1 heterocycles. The maximum absolute atomic E-state index is 14.3. The molecule has 4 nitrogen and oxygen atoms in total. The van der Waals surface area contributed by atoms with Gasteiger partial charge in [-0.1, -0.05) is 63.3 Å². The molecular formula is C24H29FN2O2S. The number of amides is 2. The number of carbonyl (C=O) groups is 2. The van der Waals surface area contributed by atoms with Crippen LogP contribution in [0.3, 0.4) is 0 Å². The summed E-state index contributed by atoms with van der Waals surface area (Å²) >= 11 is 1.46. The van der Waals surface area contributed by atoms with Crippen LogP contribution in [0.25, 0.3) is 0 Å². The first-order valence-corrected chi connectivity index (χ1v) is 11.7. The van der Waals surface area contributed by atoms with Crippen molar-refractivity contribution in [3.8, 4) is 0 Å². The van der Waals surface area contributed by atoms with Crippen molar-refractivity contribution in [2.24, 2.45) is 0 Å². The summed E-state index contributed by atoms with van der Waals surface area (Å²) in [6.07, 6.45) is 7.36. The smallest absolute Gasteiger partial charge is 0.238 e. The lowest BCUT2D eigenvalue weighted by molar-refractivity contribution is -0.117. The number of carbonyl (C=O) groups excluding carboxylic acids is 2. The second kappa shape index (κ2) is 11.2. The summed E-state index contributed by atoms with van der Waals surface area (Å²) in [6, 6.07) is 13.8. The van der Waals surface area contributed by atoms with E-state index in [1.165, 1.54) is 48.4 Å². The van der Waals surface area contributed by atoms with Crippen LogP contribution in [0.1, 0.15) is 62.8 Å². The van der Waals surface area contributed by atoms with Gasteiger partial charge in [-0.25, -0.2) is 4.39 Å². The van der Waals surface area contributed by atoms with E-state index >= 15 is 0 Å². The van der Waals surface area contributed by atoms with Crippen LogP contribution in [0.15, 0.2) is 48.5 Å². The van der Waals surface area contributed by atoms with E-state index in [-0.39, 0.29) is 22.9 Å². The first-order valence-electron chi connectivity index (χ1n) is 10.7. The van der Waals surface area contributed by atoms with Crippen LogP contribution in [0.2, 0.25) is 0 Å². The maximum Gasteiger partial charge on any atom is 0.238 e. The first kappa shape index (κ1) is 22.3. The number of hydrogen-bond donors (Lipinski definition) is 1. The second-order valence-electron chi connectivity index (χ2n) is 7.57. The van der Waals surface area contributed by atoms with E-state index in [1.807, 2.05) is 24.3 Å². The molecule has 1 aliphatic rings. The number of nitrogens with zero attached hydrogens (tertiary/aromatic N) is 1. The number of hydrogen-bond acceptors (Lipinski definition) is 3. The van der Waals surface area contributed by atoms with Crippen LogP contribution in [0, 0.1) is 5.82 Å². The Morgan fingerprint density at radius 3 is 2.67 bits per heavy atom. The highest BCUT2D eigenvalue weighted by molar-refractivity contribution is 8.00. The molecule has 6 heteroatoms. The van der Waals surface area contributed by atoms with Crippen molar-refractivity contribution in [3.63, 3.8) is 0 Å². The Morgan fingerprint density at radius 2 is 1.87 bits per heavy atom. The van der Waals surface area contributed by atoms with E-state index in [0.29, 0.717) is 17.9 Å². The van der Waals surface area contributed by atoms with Gasteiger partial charge in [0.2, 0.25) is 11.8 Å². The highest BCUT2D eigenvalue weighted by atomic mass is 32.2. The third kappa shape index (κ3) is 5.85. The molecule has 0 radical (unpaired) electrons. The average molecular weight is 429 g/mol. The van der Waals surface area contributed by atoms with Gasteiger partial charge in [0.25, 0.3) is 0 Å². The van der Waals surface area contributed by atoms with Crippen molar-refractivity contribution in [3.05, 3.63) is 59.9 Å². The van der Waals surface area contributed by atoms with Gasteiger partial charge in [-0.15, -0.1) is 11.8 Å². The minimum absolute atomic E-state index is 0.00347. The molecule has 0 spiro atoms. The summed E-state index contributed by atoms with van der Waals surface area (Å²) in [5, 5.41) is 2.64. The molecule has 30 heavy (non-hydrogen) atoms. The number of anilines is 2. The first-order chi connectivity index (χ1) is 14.6. The van der Waals surface area contributed by atoms with Gasteiger partial charge in [0.15, 0.2) is 0 Å². The fourth-order valence-electron chi connectivity index (χ4n) is 3.64. The topological polar surface area (TPSA) is 49.4 Å². The highest BCUT2D eigenvalue weighted by Gasteiger charge is 2.35. The lowest BCUT2D eigenvalue weighted by Crippen LogP contribution is -2.28.